The van der Waals surface area contributed by atoms with Crippen LogP contribution in [0.1, 0.15) is 49.7 Å². The van der Waals surface area contributed by atoms with Crippen molar-refractivity contribution in [1.29, 1.82) is 0 Å². The lowest BCUT2D eigenvalue weighted by atomic mass is 9.76. The first-order valence-corrected chi connectivity index (χ1v) is 7.94. The Kier molecular flexibility index (Phi) is 5.15. The van der Waals surface area contributed by atoms with Gasteiger partial charge in [0.25, 0.3) is 0 Å². The fourth-order valence-corrected chi connectivity index (χ4v) is 3.56. The number of thiazole rings is 1. The highest BCUT2D eigenvalue weighted by molar-refractivity contribution is 7.09. The normalized spacial score (nSPS) is 19.0. The van der Waals surface area contributed by atoms with Gasteiger partial charge < -0.3 is 11.1 Å². The summed E-state index contributed by atoms with van der Waals surface area (Å²) in [5.41, 5.74) is 7.21. The molecule has 0 radical (unpaired) electrons. The van der Waals surface area contributed by atoms with Gasteiger partial charge in [-0.1, -0.05) is 26.2 Å². The molecule has 1 aromatic heterocycles. The lowest BCUT2D eigenvalue weighted by Gasteiger charge is -2.33. The van der Waals surface area contributed by atoms with Gasteiger partial charge in [0, 0.05) is 24.9 Å². The van der Waals surface area contributed by atoms with E-state index in [9.17, 15) is 0 Å². The minimum absolute atomic E-state index is 0.508. The second-order valence-electron chi connectivity index (χ2n) is 5.75. The highest BCUT2D eigenvalue weighted by Crippen LogP contribution is 2.34. The van der Waals surface area contributed by atoms with Gasteiger partial charge in [0.2, 0.25) is 0 Å². The predicted molar refractivity (Wildman–Crippen MR) is 77.8 cm³/mol. The van der Waals surface area contributed by atoms with Crippen LogP contribution in [-0.4, -0.2) is 18.1 Å². The first kappa shape index (κ1) is 14.0. The van der Waals surface area contributed by atoms with Crippen molar-refractivity contribution in [3.05, 3.63) is 16.1 Å². The van der Waals surface area contributed by atoms with E-state index in [1.54, 1.807) is 11.3 Å². The number of nitrogens with two attached hydrogens (primary N) is 1. The summed E-state index contributed by atoms with van der Waals surface area (Å²) in [7, 11) is 0. The molecule has 0 aromatic carbocycles. The Morgan fingerprint density at radius 1 is 1.39 bits per heavy atom. The molecule has 1 fully saturated rings. The number of nitrogens with one attached hydrogen (secondary N) is 1. The van der Waals surface area contributed by atoms with Crippen molar-refractivity contribution >= 4 is 11.3 Å². The van der Waals surface area contributed by atoms with Gasteiger partial charge in [-0.2, -0.15) is 0 Å². The molecule has 0 aliphatic heterocycles. The van der Waals surface area contributed by atoms with Gasteiger partial charge >= 0.3 is 0 Å². The number of rotatable bonds is 6. The molecule has 18 heavy (non-hydrogen) atoms. The fraction of sp³-hybridized carbons (Fsp3) is 0.786. The molecule has 0 saturated heterocycles. The van der Waals surface area contributed by atoms with Gasteiger partial charge in [0.05, 0.1) is 10.7 Å². The molecule has 0 amide bonds. The molecule has 1 saturated carbocycles. The van der Waals surface area contributed by atoms with Crippen LogP contribution in [0.3, 0.4) is 0 Å². The molecule has 4 heteroatoms. The average molecular weight is 267 g/mol. The Morgan fingerprint density at radius 2 is 2.17 bits per heavy atom. The standard InChI is InChI=1S/C14H25N3S/c1-14(6-3-2-4-7-14)11-16-9-12-10-18-13(17-12)5-8-15/h10,16H,2-9,11,15H2,1H3. The van der Waals surface area contributed by atoms with Crippen LogP contribution >= 0.6 is 11.3 Å². The Labute approximate surface area is 114 Å². The number of aromatic nitrogens is 1. The molecule has 0 unspecified atom stereocenters. The van der Waals surface area contributed by atoms with Gasteiger partial charge in [-0.25, -0.2) is 4.98 Å². The van der Waals surface area contributed by atoms with Gasteiger partial charge in [-0.3, -0.25) is 0 Å². The number of nitrogens with zero attached hydrogens (tertiary/aromatic N) is 1. The lowest BCUT2D eigenvalue weighted by Crippen LogP contribution is -2.33. The molecule has 1 heterocycles. The largest absolute Gasteiger partial charge is 0.330 e. The van der Waals surface area contributed by atoms with Crippen LogP contribution in [0.15, 0.2) is 5.38 Å². The molecule has 3 N–H and O–H groups in total. The Bertz CT molecular complexity index is 356. The molecule has 1 aromatic rings. The molecule has 102 valence electrons. The number of hydrogen-bond donors (Lipinski definition) is 2. The fourth-order valence-electron chi connectivity index (χ4n) is 2.74. The van der Waals surface area contributed by atoms with Crippen LogP contribution < -0.4 is 11.1 Å². The van der Waals surface area contributed by atoms with Gasteiger partial charge in [0.1, 0.15) is 0 Å². The third-order valence-corrected chi connectivity index (χ3v) is 4.83. The quantitative estimate of drug-likeness (QED) is 0.833. The maximum absolute atomic E-state index is 5.54. The van der Waals surface area contributed by atoms with Crippen molar-refractivity contribution in [3.63, 3.8) is 0 Å². The summed E-state index contributed by atoms with van der Waals surface area (Å²) in [6.07, 6.45) is 7.86. The van der Waals surface area contributed by atoms with Crippen molar-refractivity contribution in [2.45, 2.75) is 52.0 Å². The topological polar surface area (TPSA) is 50.9 Å². The highest BCUT2D eigenvalue weighted by atomic mass is 32.1. The maximum Gasteiger partial charge on any atom is 0.0941 e. The monoisotopic (exact) mass is 267 g/mol. The predicted octanol–water partition coefficient (Wildman–Crippen LogP) is 2.70. The van der Waals surface area contributed by atoms with E-state index in [1.807, 2.05) is 0 Å². The molecule has 0 atom stereocenters. The molecule has 3 nitrogen and oxygen atoms in total. The van der Waals surface area contributed by atoms with Crippen molar-refractivity contribution in [2.75, 3.05) is 13.1 Å². The third kappa shape index (κ3) is 4.04. The summed E-state index contributed by atoms with van der Waals surface area (Å²) in [6.45, 7) is 5.13. The van der Waals surface area contributed by atoms with Crippen LogP contribution in [0.4, 0.5) is 0 Å². The summed E-state index contributed by atoms with van der Waals surface area (Å²) in [5, 5.41) is 6.90. The van der Waals surface area contributed by atoms with Crippen molar-refractivity contribution in [2.24, 2.45) is 11.1 Å². The smallest absolute Gasteiger partial charge is 0.0941 e. The van der Waals surface area contributed by atoms with Crippen molar-refractivity contribution in [3.8, 4) is 0 Å². The van der Waals surface area contributed by atoms with Crippen LogP contribution in [0.2, 0.25) is 0 Å². The van der Waals surface area contributed by atoms with E-state index in [0.717, 1.165) is 24.5 Å². The van der Waals surface area contributed by atoms with Crippen molar-refractivity contribution < 1.29 is 0 Å². The molecule has 2 rings (SSSR count). The van der Waals surface area contributed by atoms with Crippen LogP contribution in [-0.2, 0) is 13.0 Å². The molecule has 0 spiro atoms. The van der Waals surface area contributed by atoms with Crippen molar-refractivity contribution in [1.82, 2.24) is 10.3 Å². The summed E-state index contributed by atoms with van der Waals surface area (Å²) >= 11 is 1.73. The van der Waals surface area contributed by atoms with E-state index in [1.165, 1.54) is 37.8 Å². The van der Waals surface area contributed by atoms with Gasteiger partial charge in [-0.05, 0) is 24.8 Å². The lowest BCUT2D eigenvalue weighted by molar-refractivity contribution is 0.207. The van der Waals surface area contributed by atoms with E-state index in [4.69, 9.17) is 5.73 Å². The summed E-state index contributed by atoms with van der Waals surface area (Å²) < 4.78 is 0. The first-order chi connectivity index (χ1) is 8.72. The Morgan fingerprint density at radius 3 is 2.89 bits per heavy atom. The SMILES string of the molecule is CC1(CNCc2csc(CCN)n2)CCCCC1. The molecular formula is C14H25N3S. The minimum atomic E-state index is 0.508. The highest BCUT2D eigenvalue weighted by Gasteiger charge is 2.25. The minimum Gasteiger partial charge on any atom is -0.330 e. The van der Waals surface area contributed by atoms with E-state index in [2.05, 4.69) is 22.6 Å². The van der Waals surface area contributed by atoms with Crippen LogP contribution in [0, 0.1) is 5.41 Å². The van der Waals surface area contributed by atoms with Gasteiger partial charge in [-0.15, -0.1) is 11.3 Å². The first-order valence-electron chi connectivity index (χ1n) is 7.06. The molecule has 1 aliphatic carbocycles. The second-order valence-corrected chi connectivity index (χ2v) is 6.69. The van der Waals surface area contributed by atoms with Gasteiger partial charge in [0.15, 0.2) is 0 Å². The van der Waals surface area contributed by atoms with E-state index >= 15 is 0 Å². The van der Waals surface area contributed by atoms with E-state index < -0.39 is 0 Å². The Hall–Kier alpha value is -0.450. The van der Waals surface area contributed by atoms with Crippen LogP contribution in [0.5, 0.6) is 0 Å². The zero-order valence-electron chi connectivity index (χ0n) is 11.4. The summed E-state index contributed by atoms with van der Waals surface area (Å²) in [6, 6.07) is 0. The Balaban J connectivity index is 1.73. The summed E-state index contributed by atoms with van der Waals surface area (Å²) in [5.74, 6) is 0. The third-order valence-electron chi connectivity index (χ3n) is 3.88. The zero-order valence-corrected chi connectivity index (χ0v) is 12.2. The van der Waals surface area contributed by atoms with E-state index in [-0.39, 0.29) is 0 Å². The average Bonchev–Trinajstić information content (AvgIpc) is 2.78. The molecule has 0 bridgehead atoms. The number of hydrogen-bond acceptors (Lipinski definition) is 4. The second kappa shape index (κ2) is 6.64. The molecular weight excluding hydrogens is 242 g/mol. The van der Waals surface area contributed by atoms with Crippen LogP contribution in [0.25, 0.3) is 0 Å². The maximum atomic E-state index is 5.54. The zero-order chi connectivity index (χ0) is 12.8. The van der Waals surface area contributed by atoms with E-state index in [0.29, 0.717) is 12.0 Å². The molecule has 1 aliphatic rings. The summed E-state index contributed by atoms with van der Waals surface area (Å²) in [4.78, 5) is 4.58.